The van der Waals surface area contributed by atoms with Gasteiger partial charge in [0.1, 0.15) is 11.9 Å². The second-order valence-corrected chi connectivity index (χ2v) is 5.52. The Labute approximate surface area is 133 Å². The SMILES string of the molecule is COc1nc2ccccc2cc1C1Cc2cc(C#N)ccc2O1. The van der Waals surface area contributed by atoms with Crippen LogP contribution in [-0.2, 0) is 6.42 Å². The minimum atomic E-state index is -0.147. The molecule has 0 saturated heterocycles. The van der Waals surface area contributed by atoms with Crippen LogP contribution in [0.15, 0.2) is 48.5 Å². The van der Waals surface area contributed by atoms with E-state index in [1.165, 1.54) is 0 Å². The van der Waals surface area contributed by atoms with Crippen molar-refractivity contribution in [2.45, 2.75) is 12.5 Å². The van der Waals surface area contributed by atoms with E-state index in [0.717, 1.165) is 27.8 Å². The number of hydrogen-bond acceptors (Lipinski definition) is 4. The molecule has 4 heteroatoms. The molecular weight excluding hydrogens is 288 g/mol. The van der Waals surface area contributed by atoms with Gasteiger partial charge in [0.2, 0.25) is 5.88 Å². The highest BCUT2D eigenvalue weighted by molar-refractivity contribution is 5.80. The van der Waals surface area contributed by atoms with Crippen molar-refractivity contribution in [2.75, 3.05) is 7.11 Å². The standard InChI is InChI=1S/C19H14N2O2/c1-22-19-15(9-13-4-2-3-5-16(13)21-19)18-10-14-8-12(11-20)6-7-17(14)23-18/h2-9,18H,10H2,1H3. The van der Waals surface area contributed by atoms with Crippen LogP contribution < -0.4 is 9.47 Å². The van der Waals surface area contributed by atoms with Crippen molar-refractivity contribution in [3.63, 3.8) is 0 Å². The van der Waals surface area contributed by atoms with E-state index in [2.05, 4.69) is 17.1 Å². The normalized spacial score (nSPS) is 15.7. The molecule has 2 aromatic carbocycles. The summed E-state index contributed by atoms with van der Waals surface area (Å²) in [6, 6.07) is 17.7. The molecule has 0 radical (unpaired) electrons. The van der Waals surface area contributed by atoms with Crippen LogP contribution in [0.2, 0.25) is 0 Å². The van der Waals surface area contributed by atoms with E-state index in [1.54, 1.807) is 13.2 Å². The van der Waals surface area contributed by atoms with Crippen molar-refractivity contribution >= 4 is 10.9 Å². The molecule has 0 fully saturated rings. The first-order valence-electron chi connectivity index (χ1n) is 7.42. The predicted molar refractivity (Wildman–Crippen MR) is 86.5 cm³/mol. The van der Waals surface area contributed by atoms with Gasteiger partial charge in [-0.25, -0.2) is 4.98 Å². The summed E-state index contributed by atoms with van der Waals surface area (Å²) in [5, 5.41) is 10.1. The lowest BCUT2D eigenvalue weighted by Gasteiger charge is -2.15. The topological polar surface area (TPSA) is 55.1 Å². The molecule has 112 valence electrons. The van der Waals surface area contributed by atoms with Crippen LogP contribution in [0.3, 0.4) is 0 Å². The zero-order valence-corrected chi connectivity index (χ0v) is 12.6. The maximum absolute atomic E-state index is 9.03. The largest absolute Gasteiger partial charge is 0.485 e. The Morgan fingerprint density at radius 2 is 2.09 bits per heavy atom. The van der Waals surface area contributed by atoms with E-state index in [4.69, 9.17) is 14.7 Å². The lowest BCUT2D eigenvalue weighted by molar-refractivity contribution is 0.231. The van der Waals surface area contributed by atoms with Crippen molar-refractivity contribution in [2.24, 2.45) is 0 Å². The molecule has 3 aromatic rings. The molecule has 4 nitrogen and oxygen atoms in total. The second-order valence-electron chi connectivity index (χ2n) is 5.52. The molecule has 2 heterocycles. The van der Waals surface area contributed by atoms with Crippen molar-refractivity contribution in [3.05, 3.63) is 65.2 Å². The summed E-state index contributed by atoms with van der Waals surface area (Å²) in [5.41, 5.74) is 3.53. The number of rotatable bonds is 2. The third kappa shape index (κ3) is 2.27. The number of para-hydroxylation sites is 1. The molecule has 1 unspecified atom stereocenters. The van der Waals surface area contributed by atoms with Gasteiger partial charge in [0.25, 0.3) is 0 Å². The van der Waals surface area contributed by atoms with E-state index < -0.39 is 0 Å². The minimum Gasteiger partial charge on any atom is -0.485 e. The quantitative estimate of drug-likeness (QED) is 0.722. The lowest BCUT2D eigenvalue weighted by Crippen LogP contribution is -2.07. The summed E-state index contributed by atoms with van der Waals surface area (Å²) in [7, 11) is 1.62. The Bertz CT molecular complexity index is 944. The number of benzene rings is 2. The zero-order chi connectivity index (χ0) is 15.8. The number of ether oxygens (including phenoxy) is 2. The highest BCUT2D eigenvalue weighted by atomic mass is 16.5. The van der Waals surface area contributed by atoms with Crippen LogP contribution in [0.5, 0.6) is 11.6 Å². The average Bonchev–Trinajstić information content (AvgIpc) is 3.03. The Morgan fingerprint density at radius 3 is 2.91 bits per heavy atom. The van der Waals surface area contributed by atoms with Crippen LogP contribution in [0.4, 0.5) is 0 Å². The third-order valence-corrected chi connectivity index (χ3v) is 4.12. The monoisotopic (exact) mass is 302 g/mol. The van der Waals surface area contributed by atoms with E-state index in [1.807, 2.05) is 36.4 Å². The fourth-order valence-electron chi connectivity index (χ4n) is 3.00. The zero-order valence-electron chi connectivity index (χ0n) is 12.6. The number of fused-ring (bicyclic) bond motifs is 2. The molecule has 0 N–H and O–H groups in total. The first-order chi connectivity index (χ1) is 11.3. The number of hydrogen-bond donors (Lipinski definition) is 0. The Morgan fingerprint density at radius 1 is 1.22 bits per heavy atom. The molecule has 0 amide bonds. The molecule has 0 saturated carbocycles. The van der Waals surface area contributed by atoms with E-state index in [9.17, 15) is 0 Å². The van der Waals surface area contributed by atoms with Gasteiger partial charge in [-0.3, -0.25) is 0 Å². The summed E-state index contributed by atoms with van der Waals surface area (Å²) in [5.74, 6) is 1.41. The smallest absolute Gasteiger partial charge is 0.220 e. The van der Waals surface area contributed by atoms with E-state index >= 15 is 0 Å². The van der Waals surface area contributed by atoms with Gasteiger partial charge in [-0.2, -0.15) is 5.26 Å². The second kappa shape index (κ2) is 5.29. The number of nitriles is 1. The maximum Gasteiger partial charge on any atom is 0.220 e. The van der Waals surface area contributed by atoms with E-state index in [0.29, 0.717) is 17.9 Å². The molecule has 1 aromatic heterocycles. The molecule has 0 spiro atoms. The molecule has 0 bridgehead atoms. The van der Waals surface area contributed by atoms with Gasteiger partial charge in [-0.05, 0) is 35.9 Å². The molecule has 1 aliphatic heterocycles. The van der Waals surface area contributed by atoms with Gasteiger partial charge in [-0.1, -0.05) is 18.2 Å². The maximum atomic E-state index is 9.03. The fraction of sp³-hybridized carbons (Fsp3) is 0.158. The summed E-state index contributed by atoms with van der Waals surface area (Å²) in [4.78, 5) is 4.58. The molecule has 1 atom stereocenters. The van der Waals surface area contributed by atoms with Gasteiger partial charge in [0.05, 0.1) is 29.8 Å². The summed E-state index contributed by atoms with van der Waals surface area (Å²) in [6.45, 7) is 0. The summed E-state index contributed by atoms with van der Waals surface area (Å²) in [6.07, 6.45) is 0.562. The minimum absolute atomic E-state index is 0.147. The van der Waals surface area contributed by atoms with Gasteiger partial charge in [-0.15, -0.1) is 0 Å². The number of methoxy groups -OCH3 is 1. The first-order valence-corrected chi connectivity index (χ1v) is 7.42. The fourth-order valence-corrected chi connectivity index (χ4v) is 3.00. The lowest BCUT2D eigenvalue weighted by atomic mass is 10.0. The number of aromatic nitrogens is 1. The van der Waals surface area contributed by atoms with Crippen LogP contribution in [0.25, 0.3) is 10.9 Å². The Hall–Kier alpha value is -3.06. The van der Waals surface area contributed by atoms with Gasteiger partial charge < -0.3 is 9.47 Å². The molecule has 23 heavy (non-hydrogen) atoms. The number of pyridine rings is 1. The molecular formula is C19H14N2O2. The van der Waals surface area contributed by atoms with E-state index in [-0.39, 0.29) is 6.10 Å². The average molecular weight is 302 g/mol. The van der Waals surface area contributed by atoms with Crippen LogP contribution >= 0.6 is 0 Å². The summed E-state index contributed by atoms with van der Waals surface area (Å²) < 4.78 is 11.5. The van der Waals surface area contributed by atoms with Gasteiger partial charge in [0.15, 0.2) is 0 Å². The first kappa shape index (κ1) is 13.6. The van der Waals surface area contributed by atoms with Crippen LogP contribution in [0.1, 0.15) is 22.8 Å². The Balaban J connectivity index is 1.77. The third-order valence-electron chi connectivity index (χ3n) is 4.12. The van der Waals surface area contributed by atoms with Crippen molar-refractivity contribution in [3.8, 4) is 17.7 Å². The highest BCUT2D eigenvalue weighted by Crippen LogP contribution is 2.40. The van der Waals surface area contributed by atoms with Gasteiger partial charge in [0, 0.05) is 11.8 Å². The van der Waals surface area contributed by atoms with Crippen molar-refractivity contribution < 1.29 is 9.47 Å². The van der Waals surface area contributed by atoms with Crippen molar-refractivity contribution in [1.29, 1.82) is 5.26 Å². The molecule has 4 rings (SSSR count). The predicted octanol–water partition coefficient (Wildman–Crippen LogP) is 3.79. The molecule has 0 aliphatic carbocycles. The van der Waals surface area contributed by atoms with Crippen molar-refractivity contribution in [1.82, 2.24) is 4.98 Å². The number of nitrogens with zero attached hydrogens (tertiary/aromatic N) is 2. The van der Waals surface area contributed by atoms with Gasteiger partial charge >= 0.3 is 0 Å². The summed E-state index contributed by atoms with van der Waals surface area (Å²) >= 11 is 0. The Kier molecular flexibility index (Phi) is 3.13. The van der Waals surface area contributed by atoms with Crippen LogP contribution in [-0.4, -0.2) is 12.1 Å². The highest BCUT2D eigenvalue weighted by Gasteiger charge is 2.28. The molecule has 1 aliphatic rings. The van der Waals surface area contributed by atoms with Crippen LogP contribution in [0, 0.1) is 11.3 Å².